The molecule has 1 saturated heterocycles. The first kappa shape index (κ1) is 21.5. The van der Waals surface area contributed by atoms with Gasteiger partial charge in [0, 0.05) is 24.7 Å². The summed E-state index contributed by atoms with van der Waals surface area (Å²) in [4.78, 5) is 11.7. The van der Waals surface area contributed by atoms with Gasteiger partial charge in [-0.05, 0) is 46.6 Å². The van der Waals surface area contributed by atoms with Gasteiger partial charge in [0.2, 0.25) is 0 Å². The number of β-amino-alcohol motifs (C(OH)–C–C–N with tert-alkyl or cyclic N) is 1. The van der Waals surface area contributed by atoms with Crippen LogP contribution in [0.25, 0.3) is 0 Å². The molecular weight excluding hydrogens is 316 g/mol. The first-order valence-corrected chi connectivity index (χ1v) is 9.14. The molecule has 1 aliphatic heterocycles. The van der Waals surface area contributed by atoms with E-state index in [1.165, 1.54) is 5.57 Å². The van der Waals surface area contributed by atoms with E-state index in [-0.39, 0.29) is 12.0 Å². The maximum Gasteiger partial charge on any atom is 0.411 e. The number of carbonyl (C=O) groups excluding carboxylic acids is 1. The molecule has 5 nitrogen and oxygen atoms in total. The second-order valence-corrected chi connectivity index (χ2v) is 7.59. The van der Waals surface area contributed by atoms with E-state index < -0.39 is 11.7 Å². The zero-order chi connectivity index (χ0) is 18.9. The summed E-state index contributed by atoms with van der Waals surface area (Å²) in [6, 6.07) is 0. The number of hydrogen-bond acceptors (Lipinski definition) is 4. The Balaban J connectivity index is 2.61. The van der Waals surface area contributed by atoms with Crippen molar-refractivity contribution >= 4 is 6.09 Å². The highest BCUT2D eigenvalue weighted by Crippen LogP contribution is 2.20. The van der Waals surface area contributed by atoms with Crippen LogP contribution in [0.15, 0.2) is 35.6 Å². The normalized spacial score (nSPS) is 22.5. The fraction of sp³-hybridized carbons (Fsp3) is 0.650. The van der Waals surface area contributed by atoms with Gasteiger partial charge in [-0.25, -0.2) is 4.79 Å². The van der Waals surface area contributed by atoms with Crippen molar-refractivity contribution in [2.75, 3.05) is 13.1 Å². The van der Waals surface area contributed by atoms with Crippen molar-refractivity contribution < 1.29 is 14.6 Å². The Hall–Kier alpha value is -1.59. The molecule has 0 aromatic rings. The van der Waals surface area contributed by atoms with Crippen LogP contribution in [0.1, 0.15) is 53.9 Å². The predicted octanol–water partition coefficient (Wildman–Crippen LogP) is 3.67. The van der Waals surface area contributed by atoms with Crippen molar-refractivity contribution in [1.29, 1.82) is 0 Å². The molecule has 1 heterocycles. The summed E-state index contributed by atoms with van der Waals surface area (Å²) in [5, 5.41) is 15.9. The van der Waals surface area contributed by atoms with Crippen LogP contribution >= 0.6 is 0 Å². The highest BCUT2D eigenvalue weighted by molar-refractivity contribution is 5.69. The molecule has 0 aromatic heterocycles. The Bertz CT molecular complexity index is 516. The molecule has 1 rings (SSSR count). The lowest BCUT2D eigenvalue weighted by molar-refractivity contribution is 0.0546. The molecule has 0 radical (unpaired) electrons. The van der Waals surface area contributed by atoms with Crippen molar-refractivity contribution in [2.45, 2.75) is 65.6 Å². The first-order valence-electron chi connectivity index (χ1n) is 9.14. The van der Waals surface area contributed by atoms with E-state index in [2.05, 4.69) is 29.7 Å². The maximum atomic E-state index is 11.7. The summed E-state index contributed by atoms with van der Waals surface area (Å²) in [5.41, 5.74) is 1.44. The second kappa shape index (κ2) is 10.4. The fourth-order valence-corrected chi connectivity index (χ4v) is 2.60. The third-order valence-corrected chi connectivity index (χ3v) is 3.85. The molecule has 3 N–H and O–H groups in total. The van der Waals surface area contributed by atoms with Gasteiger partial charge in [0.25, 0.3) is 0 Å². The van der Waals surface area contributed by atoms with E-state index in [4.69, 9.17) is 4.74 Å². The first-order chi connectivity index (χ1) is 11.7. The molecule has 0 saturated carbocycles. The van der Waals surface area contributed by atoms with Crippen molar-refractivity contribution in [3.05, 3.63) is 35.6 Å². The highest BCUT2D eigenvalue weighted by atomic mass is 16.6. The number of allylic oxidation sites excluding steroid dienone is 6. The molecular formula is C20H34N2O3. The molecule has 0 aromatic carbocycles. The summed E-state index contributed by atoms with van der Waals surface area (Å²) in [6.07, 6.45) is 10.3. The quantitative estimate of drug-likeness (QED) is 0.613. The molecule has 2 unspecified atom stereocenters. The van der Waals surface area contributed by atoms with Gasteiger partial charge in [0.1, 0.15) is 5.60 Å². The van der Waals surface area contributed by atoms with Crippen molar-refractivity contribution in [3.8, 4) is 0 Å². The zero-order valence-electron chi connectivity index (χ0n) is 16.3. The third-order valence-electron chi connectivity index (χ3n) is 3.85. The van der Waals surface area contributed by atoms with E-state index in [1.54, 1.807) is 0 Å². The standard InChI is InChI=1S/C20H34N2O3/c1-6-7-10-16(12-17-13-21-14-18(17)23)11-8-9-15(2)22-19(24)25-20(3,4)5/h8-11,17-18,21,23H,6-7,12-14H2,1-5H3,(H,22,24)/b11-8-,15-9+,16-10-. The number of amides is 1. The average molecular weight is 351 g/mol. The lowest BCUT2D eigenvalue weighted by Crippen LogP contribution is -2.31. The Morgan fingerprint density at radius 3 is 2.64 bits per heavy atom. The minimum atomic E-state index is -0.508. The molecule has 1 aliphatic rings. The molecule has 1 fully saturated rings. The van der Waals surface area contributed by atoms with Crippen LogP contribution in [-0.4, -0.2) is 36.0 Å². The molecule has 0 spiro atoms. The molecule has 1 amide bonds. The van der Waals surface area contributed by atoms with E-state index in [9.17, 15) is 9.90 Å². The molecule has 5 heteroatoms. The van der Waals surface area contributed by atoms with Gasteiger partial charge in [0.15, 0.2) is 0 Å². The van der Waals surface area contributed by atoms with Crippen LogP contribution < -0.4 is 10.6 Å². The van der Waals surface area contributed by atoms with Crippen LogP contribution in [-0.2, 0) is 4.74 Å². The Morgan fingerprint density at radius 1 is 1.36 bits per heavy atom. The van der Waals surface area contributed by atoms with Crippen LogP contribution in [0.2, 0.25) is 0 Å². The number of aliphatic hydroxyl groups excluding tert-OH is 1. The minimum Gasteiger partial charge on any atom is -0.444 e. The molecule has 142 valence electrons. The lowest BCUT2D eigenvalue weighted by atomic mass is 9.95. The predicted molar refractivity (Wildman–Crippen MR) is 102 cm³/mol. The summed E-state index contributed by atoms with van der Waals surface area (Å²) in [7, 11) is 0. The van der Waals surface area contributed by atoms with Gasteiger partial charge in [0.05, 0.1) is 6.10 Å². The van der Waals surface area contributed by atoms with Crippen LogP contribution in [0, 0.1) is 5.92 Å². The van der Waals surface area contributed by atoms with Crippen molar-refractivity contribution in [2.24, 2.45) is 5.92 Å². The van der Waals surface area contributed by atoms with E-state index in [1.807, 2.05) is 39.8 Å². The van der Waals surface area contributed by atoms with Crippen molar-refractivity contribution in [1.82, 2.24) is 10.6 Å². The van der Waals surface area contributed by atoms with Crippen molar-refractivity contribution in [3.63, 3.8) is 0 Å². The number of ether oxygens (including phenoxy) is 1. The number of carbonyl (C=O) groups is 1. The topological polar surface area (TPSA) is 70.6 Å². The van der Waals surface area contributed by atoms with Gasteiger partial charge < -0.3 is 15.2 Å². The van der Waals surface area contributed by atoms with E-state index >= 15 is 0 Å². The number of unbranched alkanes of at least 4 members (excludes halogenated alkanes) is 1. The largest absolute Gasteiger partial charge is 0.444 e. The number of rotatable bonds is 7. The molecule has 0 aliphatic carbocycles. The second-order valence-electron chi connectivity index (χ2n) is 7.59. The summed E-state index contributed by atoms with van der Waals surface area (Å²) in [6.45, 7) is 11.0. The maximum absolute atomic E-state index is 11.7. The monoisotopic (exact) mass is 350 g/mol. The van der Waals surface area contributed by atoms with Crippen LogP contribution in [0.5, 0.6) is 0 Å². The van der Waals surface area contributed by atoms with E-state index in [0.29, 0.717) is 6.54 Å². The Labute approximate surface area is 152 Å². The highest BCUT2D eigenvalue weighted by Gasteiger charge is 2.24. The van der Waals surface area contributed by atoms with Gasteiger partial charge in [-0.1, -0.05) is 37.1 Å². The van der Waals surface area contributed by atoms with Gasteiger partial charge in [-0.15, -0.1) is 0 Å². The van der Waals surface area contributed by atoms with Crippen LogP contribution in [0.3, 0.4) is 0 Å². The number of alkyl carbamates (subject to hydrolysis) is 1. The Kier molecular flexibility index (Phi) is 8.93. The van der Waals surface area contributed by atoms with Gasteiger partial charge >= 0.3 is 6.09 Å². The summed E-state index contributed by atoms with van der Waals surface area (Å²) >= 11 is 0. The SMILES string of the molecule is CCC/C=C(/C=C\C=C(/C)NC(=O)OC(C)(C)C)CC1CNCC1O. The number of nitrogens with one attached hydrogen (secondary N) is 2. The van der Waals surface area contributed by atoms with Gasteiger partial charge in [-0.3, -0.25) is 5.32 Å². The minimum absolute atomic E-state index is 0.262. The number of hydrogen-bond donors (Lipinski definition) is 3. The third kappa shape index (κ3) is 9.46. The molecule has 0 bridgehead atoms. The fourth-order valence-electron chi connectivity index (χ4n) is 2.60. The Morgan fingerprint density at radius 2 is 2.08 bits per heavy atom. The van der Waals surface area contributed by atoms with E-state index in [0.717, 1.165) is 31.5 Å². The zero-order valence-corrected chi connectivity index (χ0v) is 16.3. The average Bonchev–Trinajstić information content (AvgIpc) is 2.87. The number of aliphatic hydroxyl groups is 1. The molecule has 2 atom stereocenters. The van der Waals surface area contributed by atoms with Gasteiger partial charge in [-0.2, -0.15) is 0 Å². The summed E-state index contributed by atoms with van der Waals surface area (Å²) in [5.74, 6) is 0.262. The lowest BCUT2D eigenvalue weighted by Gasteiger charge is -2.19. The molecule has 25 heavy (non-hydrogen) atoms. The van der Waals surface area contributed by atoms with Crippen LogP contribution in [0.4, 0.5) is 4.79 Å². The summed E-state index contributed by atoms with van der Waals surface area (Å²) < 4.78 is 5.23. The smallest absolute Gasteiger partial charge is 0.411 e.